The Hall–Kier alpha value is -3.16. The fourth-order valence-electron chi connectivity index (χ4n) is 4.11. The fourth-order valence-corrected chi connectivity index (χ4v) is 4.11. The van der Waals surface area contributed by atoms with Gasteiger partial charge in [0.05, 0.1) is 6.54 Å². The molecule has 2 aromatic rings. The number of urea groups is 1. The van der Waals surface area contributed by atoms with Gasteiger partial charge in [0.15, 0.2) is 5.69 Å². The number of nitrogens with one attached hydrogen (secondary N) is 1. The Labute approximate surface area is 182 Å². The van der Waals surface area contributed by atoms with E-state index in [9.17, 15) is 9.59 Å². The molecular formula is C24H31N5O2+2. The van der Waals surface area contributed by atoms with Crippen LogP contribution in [0.4, 0.5) is 16.2 Å². The molecule has 0 radical (unpaired) electrons. The van der Waals surface area contributed by atoms with Crippen LogP contribution in [0.25, 0.3) is 11.1 Å². The van der Waals surface area contributed by atoms with Crippen molar-refractivity contribution in [3.05, 3.63) is 60.2 Å². The number of hydrogen-bond acceptors (Lipinski definition) is 3. The number of likely N-dealkylation sites (N-methyl/N-ethyl adjacent to an activating group) is 1. The number of anilines is 1. The molecule has 0 aromatic heterocycles. The van der Waals surface area contributed by atoms with Crippen molar-refractivity contribution in [2.45, 2.75) is 25.8 Å². The molecule has 7 nitrogen and oxygen atoms in total. The lowest BCUT2D eigenvalue weighted by molar-refractivity contribution is -0.574. The molecule has 1 heterocycles. The lowest BCUT2D eigenvalue weighted by atomic mass is 9.94. The Morgan fingerprint density at radius 2 is 1.94 bits per heavy atom. The van der Waals surface area contributed by atoms with Crippen molar-refractivity contribution in [1.29, 1.82) is 0 Å². The van der Waals surface area contributed by atoms with Crippen LogP contribution < -0.4 is 16.6 Å². The van der Waals surface area contributed by atoms with Crippen molar-refractivity contribution in [2.75, 3.05) is 25.6 Å². The summed E-state index contributed by atoms with van der Waals surface area (Å²) in [5, 5.41) is 2.32. The number of amides is 3. The Morgan fingerprint density at radius 3 is 2.52 bits per heavy atom. The average Bonchev–Trinajstić information content (AvgIpc) is 3.57. The SMILES string of the molecule is C=CCc1c(-c2ccc(CN3CC(=O)N(C)C3=O)cc2)ccc([NH2+]CC2CC2)c1N[NH3+]. The van der Waals surface area contributed by atoms with Gasteiger partial charge in [0, 0.05) is 25.6 Å². The van der Waals surface area contributed by atoms with E-state index < -0.39 is 0 Å². The van der Waals surface area contributed by atoms with Crippen molar-refractivity contribution in [3.63, 3.8) is 0 Å². The molecule has 7 heteroatoms. The molecule has 0 spiro atoms. The van der Waals surface area contributed by atoms with Gasteiger partial charge in [0.1, 0.15) is 12.2 Å². The first kappa shape index (κ1) is 21.1. The van der Waals surface area contributed by atoms with Gasteiger partial charge >= 0.3 is 6.03 Å². The molecule has 2 aromatic carbocycles. The van der Waals surface area contributed by atoms with Crippen molar-refractivity contribution >= 4 is 23.3 Å². The van der Waals surface area contributed by atoms with Crippen LogP contribution in [0.3, 0.4) is 0 Å². The average molecular weight is 422 g/mol. The molecule has 0 bridgehead atoms. The second kappa shape index (κ2) is 8.91. The van der Waals surface area contributed by atoms with Gasteiger partial charge in [-0.05, 0) is 47.6 Å². The van der Waals surface area contributed by atoms with Crippen LogP contribution >= 0.6 is 0 Å². The number of carbonyl (C=O) groups is 2. The fraction of sp³-hybridized carbons (Fsp3) is 0.333. The van der Waals surface area contributed by atoms with E-state index >= 15 is 0 Å². The first-order valence-corrected chi connectivity index (χ1v) is 10.8. The molecule has 0 unspecified atom stereocenters. The number of nitrogens with two attached hydrogens (primary N) is 1. The lowest BCUT2D eigenvalue weighted by Gasteiger charge is -2.17. The maximum absolute atomic E-state index is 12.1. The van der Waals surface area contributed by atoms with Gasteiger partial charge in [-0.15, -0.1) is 6.58 Å². The molecule has 6 N–H and O–H groups in total. The van der Waals surface area contributed by atoms with Crippen molar-refractivity contribution in [2.24, 2.45) is 5.92 Å². The van der Waals surface area contributed by atoms with Gasteiger partial charge in [-0.3, -0.25) is 15.5 Å². The maximum atomic E-state index is 12.1. The Kier molecular flexibility index (Phi) is 6.06. The van der Waals surface area contributed by atoms with E-state index in [-0.39, 0.29) is 18.5 Å². The third-order valence-electron chi connectivity index (χ3n) is 6.13. The van der Waals surface area contributed by atoms with E-state index in [1.807, 2.05) is 18.2 Å². The molecule has 1 saturated carbocycles. The highest BCUT2D eigenvalue weighted by molar-refractivity contribution is 6.01. The largest absolute Gasteiger partial charge is 0.327 e. The maximum Gasteiger partial charge on any atom is 0.327 e. The third-order valence-corrected chi connectivity index (χ3v) is 6.13. The highest BCUT2D eigenvalue weighted by atomic mass is 16.2. The highest BCUT2D eigenvalue weighted by Crippen LogP contribution is 2.34. The molecule has 3 amide bonds. The summed E-state index contributed by atoms with van der Waals surface area (Å²) < 4.78 is 0. The second-order valence-electron chi connectivity index (χ2n) is 8.40. The summed E-state index contributed by atoms with van der Waals surface area (Å²) in [5.74, 6) is 4.63. The topological polar surface area (TPSA) is 96.9 Å². The number of imide groups is 1. The van der Waals surface area contributed by atoms with Gasteiger partial charge in [0.2, 0.25) is 5.91 Å². The molecule has 2 aliphatic rings. The van der Waals surface area contributed by atoms with Gasteiger partial charge < -0.3 is 10.2 Å². The number of benzene rings is 2. The van der Waals surface area contributed by atoms with Crippen LogP contribution in [0.2, 0.25) is 0 Å². The first-order valence-electron chi connectivity index (χ1n) is 10.8. The van der Waals surface area contributed by atoms with Crippen molar-refractivity contribution in [1.82, 2.24) is 9.80 Å². The van der Waals surface area contributed by atoms with E-state index in [4.69, 9.17) is 0 Å². The number of nitrogens with zero attached hydrogens (tertiary/aromatic N) is 2. The molecule has 2 fully saturated rings. The van der Waals surface area contributed by atoms with Crippen LogP contribution in [0.15, 0.2) is 49.1 Å². The summed E-state index contributed by atoms with van der Waals surface area (Å²) >= 11 is 0. The third kappa shape index (κ3) is 4.47. The van der Waals surface area contributed by atoms with Crippen LogP contribution in [-0.2, 0) is 17.8 Å². The molecule has 0 atom stereocenters. The van der Waals surface area contributed by atoms with Gasteiger partial charge in [0.25, 0.3) is 0 Å². The van der Waals surface area contributed by atoms with Crippen LogP contribution in [0.1, 0.15) is 24.0 Å². The summed E-state index contributed by atoms with van der Waals surface area (Å²) in [4.78, 5) is 26.6. The van der Waals surface area contributed by atoms with Crippen LogP contribution in [-0.4, -0.2) is 41.9 Å². The number of allylic oxidation sites excluding steroid dienone is 1. The number of carbonyl (C=O) groups excluding carboxylic acids is 2. The molecular weight excluding hydrogens is 390 g/mol. The standard InChI is InChI=1S/C24H29N5O2/c1-3-4-20-19(11-12-21(23(20)27-25)26-13-16-5-6-16)18-9-7-17(8-10-18)14-29-15-22(30)28(2)24(29)31/h3,7-12,16,26-27H,1,4-6,13-15,25H2,2H3/p+2. The lowest BCUT2D eigenvalue weighted by Crippen LogP contribution is -2.79. The Morgan fingerprint density at radius 1 is 1.19 bits per heavy atom. The quantitative estimate of drug-likeness (QED) is 0.249. The zero-order chi connectivity index (χ0) is 22.0. The monoisotopic (exact) mass is 421 g/mol. The highest BCUT2D eigenvalue weighted by Gasteiger charge is 2.32. The van der Waals surface area contributed by atoms with Crippen LogP contribution in [0.5, 0.6) is 0 Å². The molecule has 1 aliphatic carbocycles. The molecule has 4 rings (SSSR count). The van der Waals surface area contributed by atoms with Gasteiger partial charge in [-0.1, -0.05) is 30.3 Å². The minimum Gasteiger partial charge on any atom is -0.312 e. The minimum absolute atomic E-state index is 0.137. The van der Waals surface area contributed by atoms with Crippen molar-refractivity contribution in [3.8, 4) is 11.1 Å². The number of rotatable bonds is 9. The van der Waals surface area contributed by atoms with E-state index in [1.165, 1.54) is 36.0 Å². The predicted molar refractivity (Wildman–Crippen MR) is 120 cm³/mol. The molecule has 162 valence electrons. The minimum atomic E-state index is -0.244. The van der Waals surface area contributed by atoms with E-state index in [0.29, 0.717) is 6.54 Å². The molecule has 31 heavy (non-hydrogen) atoms. The summed E-state index contributed by atoms with van der Waals surface area (Å²) in [6.07, 6.45) is 5.34. The molecule has 1 saturated heterocycles. The molecule has 1 aliphatic heterocycles. The normalized spacial score (nSPS) is 16.2. The smallest absolute Gasteiger partial charge is 0.312 e. The second-order valence-corrected chi connectivity index (χ2v) is 8.40. The van der Waals surface area contributed by atoms with E-state index in [1.54, 1.807) is 4.90 Å². The number of quaternary nitrogens is 2. The Balaban J connectivity index is 1.57. The van der Waals surface area contributed by atoms with E-state index in [2.05, 4.69) is 47.4 Å². The summed E-state index contributed by atoms with van der Waals surface area (Å²) in [6, 6.07) is 12.3. The first-order chi connectivity index (χ1) is 15.0. The summed E-state index contributed by atoms with van der Waals surface area (Å²) in [6.45, 7) is 5.62. The van der Waals surface area contributed by atoms with Gasteiger partial charge in [-0.2, -0.15) is 0 Å². The van der Waals surface area contributed by atoms with Crippen molar-refractivity contribution < 1.29 is 20.7 Å². The predicted octanol–water partition coefficient (Wildman–Crippen LogP) is 1.65. The van der Waals surface area contributed by atoms with Gasteiger partial charge in [-0.25, -0.2) is 10.2 Å². The summed E-state index contributed by atoms with van der Waals surface area (Å²) in [7, 11) is 1.52. The zero-order valence-electron chi connectivity index (χ0n) is 18.1. The van der Waals surface area contributed by atoms with E-state index in [0.717, 1.165) is 41.3 Å². The summed E-state index contributed by atoms with van der Waals surface area (Å²) in [5.41, 5.74) is 9.85. The Bertz CT molecular complexity index is 998. The van der Waals surface area contributed by atoms with Crippen LogP contribution in [0, 0.1) is 5.92 Å². The zero-order valence-corrected chi connectivity index (χ0v) is 18.1. The number of hydrogen-bond donors (Lipinski definition) is 3.